The van der Waals surface area contributed by atoms with Crippen LogP contribution in [0.1, 0.15) is 32.9 Å². The van der Waals surface area contributed by atoms with E-state index in [1.54, 1.807) is 0 Å². The van der Waals surface area contributed by atoms with Gasteiger partial charge in [-0.05, 0) is 38.5 Å². The standard InChI is InChI=1S/C23H22N2O2/c1-15-4-8-18(9-5-15)14-25-20-12-17(3)27-22(20)13-21(25)23(26)24-19-10-6-16(2)7-11-19/h4-13H,14H2,1-3H3,(H,24,26). The Morgan fingerprint density at radius 1 is 0.926 bits per heavy atom. The fourth-order valence-corrected chi connectivity index (χ4v) is 3.23. The number of nitrogens with one attached hydrogen (secondary N) is 1. The maximum absolute atomic E-state index is 12.9. The lowest BCUT2D eigenvalue weighted by Gasteiger charge is -2.11. The van der Waals surface area contributed by atoms with Gasteiger partial charge in [0.2, 0.25) is 0 Å². The van der Waals surface area contributed by atoms with Crippen molar-refractivity contribution >= 4 is 22.7 Å². The highest BCUT2D eigenvalue weighted by Gasteiger charge is 2.19. The maximum Gasteiger partial charge on any atom is 0.272 e. The van der Waals surface area contributed by atoms with Crippen molar-refractivity contribution in [2.24, 2.45) is 0 Å². The van der Waals surface area contributed by atoms with E-state index in [-0.39, 0.29) is 5.91 Å². The van der Waals surface area contributed by atoms with Crippen LogP contribution >= 0.6 is 0 Å². The van der Waals surface area contributed by atoms with Crippen molar-refractivity contribution in [1.82, 2.24) is 4.57 Å². The molecule has 4 aromatic rings. The van der Waals surface area contributed by atoms with Crippen molar-refractivity contribution in [2.75, 3.05) is 5.32 Å². The Balaban J connectivity index is 1.70. The first-order valence-electron chi connectivity index (χ1n) is 9.03. The van der Waals surface area contributed by atoms with E-state index in [9.17, 15) is 4.79 Å². The monoisotopic (exact) mass is 358 g/mol. The molecule has 0 aliphatic carbocycles. The zero-order valence-electron chi connectivity index (χ0n) is 15.7. The van der Waals surface area contributed by atoms with E-state index in [0.717, 1.165) is 33.7 Å². The minimum atomic E-state index is -0.144. The molecule has 2 aromatic heterocycles. The molecule has 0 unspecified atom stereocenters. The number of aromatic nitrogens is 1. The number of amides is 1. The van der Waals surface area contributed by atoms with Crippen LogP contribution in [0.3, 0.4) is 0 Å². The molecule has 4 rings (SSSR count). The Labute approximate surface area is 158 Å². The van der Waals surface area contributed by atoms with E-state index in [1.807, 2.05) is 54.8 Å². The number of fused-ring (bicyclic) bond motifs is 1. The van der Waals surface area contributed by atoms with Crippen molar-refractivity contribution in [1.29, 1.82) is 0 Å². The van der Waals surface area contributed by atoms with Gasteiger partial charge in [-0.3, -0.25) is 4.79 Å². The molecule has 4 nitrogen and oxygen atoms in total. The van der Waals surface area contributed by atoms with E-state index >= 15 is 0 Å². The fourth-order valence-electron chi connectivity index (χ4n) is 3.23. The van der Waals surface area contributed by atoms with Crippen molar-refractivity contribution in [3.63, 3.8) is 0 Å². The molecular formula is C23H22N2O2. The minimum absolute atomic E-state index is 0.144. The SMILES string of the molecule is Cc1ccc(Cn2c(C(=O)Nc3ccc(C)cc3)cc3oc(C)cc32)cc1. The number of nitrogens with zero attached hydrogens (tertiary/aromatic N) is 1. The van der Waals surface area contributed by atoms with Crippen LogP contribution in [-0.2, 0) is 6.54 Å². The van der Waals surface area contributed by atoms with Crippen molar-refractivity contribution < 1.29 is 9.21 Å². The van der Waals surface area contributed by atoms with Gasteiger partial charge in [0.1, 0.15) is 11.5 Å². The summed E-state index contributed by atoms with van der Waals surface area (Å²) in [5, 5.41) is 2.98. The van der Waals surface area contributed by atoms with Crippen LogP contribution in [0, 0.1) is 20.8 Å². The predicted molar refractivity (Wildman–Crippen MR) is 108 cm³/mol. The third kappa shape index (κ3) is 3.51. The van der Waals surface area contributed by atoms with E-state index < -0.39 is 0 Å². The molecule has 2 aromatic carbocycles. The van der Waals surface area contributed by atoms with Gasteiger partial charge in [-0.2, -0.15) is 0 Å². The lowest BCUT2D eigenvalue weighted by Crippen LogP contribution is -2.17. The number of rotatable bonds is 4. The molecule has 0 atom stereocenters. The van der Waals surface area contributed by atoms with Crippen LogP contribution < -0.4 is 5.32 Å². The number of benzene rings is 2. The second-order valence-corrected chi connectivity index (χ2v) is 7.03. The zero-order chi connectivity index (χ0) is 19.0. The van der Waals surface area contributed by atoms with E-state index in [2.05, 4.69) is 36.5 Å². The van der Waals surface area contributed by atoms with Crippen LogP contribution in [0.2, 0.25) is 0 Å². The summed E-state index contributed by atoms with van der Waals surface area (Å²) in [4.78, 5) is 12.9. The van der Waals surface area contributed by atoms with Crippen molar-refractivity contribution in [2.45, 2.75) is 27.3 Å². The molecule has 0 fully saturated rings. The van der Waals surface area contributed by atoms with Gasteiger partial charge in [-0.1, -0.05) is 47.5 Å². The molecule has 0 aliphatic heterocycles. The van der Waals surface area contributed by atoms with E-state index in [0.29, 0.717) is 12.2 Å². The Bertz CT molecular complexity index is 1100. The van der Waals surface area contributed by atoms with Gasteiger partial charge >= 0.3 is 0 Å². The summed E-state index contributed by atoms with van der Waals surface area (Å²) in [6.45, 7) is 6.62. The largest absolute Gasteiger partial charge is 0.460 e. The van der Waals surface area contributed by atoms with E-state index in [1.165, 1.54) is 5.56 Å². The summed E-state index contributed by atoms with van der Waals surface area (Å²) >= 11 is 0. The first-order chi connectivity index (χ1) is 13.0. The van der Waals surface area contributed by atoms with Gasteiger partial charge < -0.3 is 14.3 Å². The maximum atomic E-state index is 12.9. The molecule has 2 heterocycles. The number of hydrogen-bond donors (Lipinski definition) is 1. The summed E-state index contributed by atoms with van der Waals surface area (Å²) in [5.74, 6) is 0.693. The predicted octanol–water partition coefficient (Wildman–Crippen LogP) is 5.46. The van der Waals surface area contributed by atoms with Gasteiger partial charge in [-0.15, -0.1) is 0 Å². The molecule has 1 N–H and O–H groups in total. The molecule has 0 saturated heterocycles. The van der Waals surface area contributed by atoms with Crippen LogP contribution in [0.15, 0.2) is 65.1 Å². The molecule has 0 aliphatic rings. The molecule has 0 bridgehead atoms. The molecule has 0 saturated carbocycles. The van der Waals surface area contributed by atoms with Gasteiger partial charge in [0, 0.05) is 24.4 Å². The summed E-state index contributed by atoms with van der Waals surface area (Å²) in [7, 11) is 0. The number of hydrogen-bond acceptors (Lipinski definition) is 2. The molecular weight excluding hydrogens is 336 g/mol. The third-order valence-electron chi connectivity index (χ3n) is 4.72. The lowest BCUT2D eigenvalue weighted by molar-refractivity contribution is 0.101. The second kappa shape index (κ2) is 6.80. The van der Waals surface area contributed by atoms with Crippen molar-refractivity contribution in [3.05, 3.63) is 88.8 Å². The van der Waals surface area contributed by atoms with Gasteiger partial charge in [0.15, 0.2) is 5.58 Å². The first kappa shape index (κ1) is 17.2. The number of anilines is 1. The Kier molecular flexibility index (Phi) is 4.32. The normalized spacial score (nSPS) is 11.1. The fraction of sp³-hybridized carbons (Fsp3) is 0.174. The average Bonchev–Trinajstić information content (AvgIpc) is 3.16. The average molecular weight is 358 g/mol. The smallest absolute Gasteiger partial charge is 0.272 e. The second-order valence-electron chi connectivity index (χ2n) is 7.03. The van der Waals surface area contributed by atoms with E-state index in [4.69, 9.17) is 4.42 Å². The summed E-state index contributed by atoms with van der Waals surface area (Å²) in [6, 6.07) is 19.9. The topological polar surface area (TPSA) is 47.2 Å². The Hall–Kier alpha value is -3.27. The number of carbonyl (C=O) groups is 1. The summed E-state index contributed by atoms with van der Waals surface area (Å²) in [6.07, 6.45) is 0. The molecule has 0 radical (unpaired) electrons. The van der Waals surface area contributed by atoms with Crippen LogP contribution in [0.4, 0.5) is 5.69 Å². The number of furan rings is 1. The van der Waals surface area contributed by atoms with Crippen LogP contribution in [0.25, 0.3) is 11.1 Å². The molecule has 27 heavy (non-hydrogen) atoms. The highest BCUT2D eigenvalue weighted by atomic mass is 16.3. The van der Waals surface area contributed by atoms with Gasteiger partial charge in [0.25, 0.3) is 5.91 Å². The van der Waals surface area contributed by atoms with Crippen molar-refractivity contribution in [3.8, 4) is 0 Å². The zero-order valence-corrected chi connectivity index (χ0v) is 15.7. The first-order valence-corrected chi connectivity index (χ1v) is 9.03. The quantitative estimate of drug-likeness (QED) is 0.526. The Morgan fingerprint density at radius 2 is 1.56 bits per heavy atom. The van der Waals surface area contributed by atoms with Crippen LogP contribution in [-0.4, -0.2) is 10.5 Å². The van der Waals surface area contributed by atoms with Crippen LogP contribution in [0.5, 0.6) is 0 Å². The molecule has 0 spiro atoms. The Morgan fingerprint density at radius 3 is 2.22 bits per heavy atom. The number of aryl methyl sites for hydroxylation is 3. The highest BCUT2D eigenvalue weighted by molar-refractivity contribution is 6.05. The molecule has 4 heteroatoms. The van der Waals surface area contributed by atoms with Gasteiger partial charge in [-0.25, -0.2) is 0 Å². The van der Waals surface area contributed by atoms with Gasteiger partial charge in [0.05, 0.1) is 5.52 Å². The molecule has 136 valence electrons. The summed E-state index contributed by atoms with van der Waals surface area (Å²) < 4.78 is 7.78. The third-order valence-corrected chi connectivity index (χ3v) is 4.72. The summed E-state index contributed by atoms with van der Waals surface area (Å²) in [5.41, 5.74) is 6.54. The lowest BCUT2D eigenvalue weighted by atomic mass is 10.1. The number of carbonyl (C=O) groups excluding carboxylic acids is 1. The minimum Gasteiger partial charge on any atom is -0.460 e. The molecule has 1 amide bonds. The highest BCUT2D eigenvalue weighted by Crippen LogP contribution is 2.26.